The SMILES string of the molecule is Cc1cccc(Cc2cccnn2)c1. The van der Waals surface area contributed by atoms with Crippen molar-refractivity contribution in [2.75, 3.05) is 0 Å². The molecule has 0 unspecified atom stereocenters. The molecule has 2 nitrogen and oxygen atoms in total. The van der Waals surface area contributed by atoms with E-state index in [1.54, 1.807) is 6.20 Å². The summed E-state index contributed by atoms with van der Waals surface area (Å²) in [6, 6.07) is 12.4. The van der Waals surface area contributed by atoms with Gasteiger partial charge in [-0.3, -0.25) is 0 Å². The number of hydrogen-bond donors (Lipinski definition) is 0. The van der Waals surface area contributed by atoms with Gasteiger partial charge >= 0.3 is 0 Å². The molecule has 0 aliphatic carbocycles. The topological polar surface area (TPSA) is 25.8 Å². The highest BCUT2D eigenvalue weighted by Gasteiger charge is 1.96. The first kappa shape index (κ1) is 8.88. The minimum atomic E-state index is 0.857. The van der Waals surface area contributed by atoms with Gasteiger partial charge in [0.25, 0.3) is 0 Å². The lowest BCUT2D eigenvalue weighted by atomic mass is 10.1. The van der Waals surface area contributed by atoms with Crippen molar-refractivity contribution in [3.8, 4) is 0 Å². The molecule has 70 valence electrons. The van der Waals surface area contributed by atoms with Gasteiger partial charge in [-0.2, -0.15) is 10.2 Å². The predicted molar refractivity (Wildman–Crippen MR) is 56.0 cm³/mol. The fourth-order valence-electron chi connectivity index (χ4n) is 1.46. The first-order chi connectivity index (χ1) is 6.84. The lowest BCUT2D eigenvalue weighted by Gasteiger charge is -2.00. The standard InChI is InChI=1S/C12H12N2/c1-10-4-2-5-11(8-10)9-12-6-3-7-13-14-12/h2-8H,9H2,1H3. The van der Waals surface area contributed by atoms with Crippen molar-refractivity contribution in [2.45, 2.75) is 13.3 Å². The molecule has 0 saturated heterocycles. The number of rotatable bonds is 2. The number of hydrogen-bond acceptors (Lipinski definition) is 2. The third kappa shape index (κ3) is 2.16. The van der Waals surface area contributed by atoms with E-state index >= 15 is 0 Å². The Kier molecular flexibility index (Phi) is 2.54. The second-order valence-corrected chi connectivity index (χ2v) is 3.38. The summed E-state index contributed by atoms with van der Waals surface area (Å²) in [4.78, 5) is 0. The molecule has 0 bridgehead atoms. The Bertz CT molecular complexity index is 410. The van der Waals surface area contributed by atoms with Crippen molar-refractivity contribution in [3.63, 3.8) is 0 Å². The van der Waals surface area contributed by atoms with E-state index in [2.05, 4.69) is 41.4 Å². The molecular formula is C12H12N2. The summed E-state index contributed by atoms with van der Waals surface area (Å²) in [5.41, 5.74) is 3.58. The molecule has 1 aromatic heterocycles. The maximum absolute atomic E-state index is 4.05. The van der Waals surface area contributed by atoms with Crippen molar-refractivity contribution >= 4 is 0 Å². The number of benzene rings is 1. The summed E-state index contributed by atoms with van der Waals surface area (Å²) in [6.45, 7) is 2.10. The van der Waals surface area contributed by atoms with E-state index in [4.69, 9.17) is 0 Å². The smallest absolute Gasteiger partial charge is 0.0674 e. The van der Waals surface area contributed by atoms with Crippen LogP contribution in [0.15, 0.2) is 42.6 Å². The highest BCUT2D eigenvalue weighted by atomic mass is 15.1. The van der Waals surface area contributed by atoms with Crippen LogP contribution in [0.5, 0.6) is 0 Å². The van der Waals surface area contributed by atoms with Crippen molar-refractivity contribution in [1.82, 2.24) is 10.2 Å². The van der Waals surface area contributed by atoms with Crippen molar-refractivity contribution in [1.29, 1.82) is 0 Å². The fraction of sp³-hybridized carbons (Fsp3) is 0.167. The van der Waals surface area contributed by atoms with E-state index in [1.165, 1.54) is 11.1 Å². The number of aromatic nitrogens is 2. The van der Waals surface area contributed by atoms with Gasteiger partial charge in [-0.15, -0.1) is 0 Å². The van der Waals surface area contributed by atoms with Crippen LogP contribution in [0.25, 0.3) is 0 Å². The molecule has 14 heavy (non-hydrogen) atoms. The summed E-state index contributed by atoms with van der Waals surface area (Å²) in [5.74, 6) is 0. The molecule has 0 N–H and O–H groups in total. The van der Waals surface area contributed by atoms with E-state index in [1.807, 2.05) is 12.1 Å². The first-order valence-corrected chi connectivity index (χ1v) is 4.67. The molecule has 0 radical (unpaired) electrons. The Morgan fingerprint density at radius 1 is 1.14 bits per heavy atom. The van der Waals surface area contributed by atoms with Crippen LogP contribution in [0.2, 0.25) is 0 Å². The monoisotopic (exact) mass is 184 g/mol. The highest BCUT2D eigenvalue weighted by molar-refractivity contribution is 5.25. The van der Waals surface area contributed by atoms with Gasteiger partial charge in [0.15, 0.2) is 0 Å². The van der Waals surface area contributed by atoms with Crippen molar-refractivity contribution in [3.05, 3.63) is 59.4 Å². The predicted octanol–water partition coefficient (Wildman–Crippen LogP) is 2.38. The number of aryl methyl sites for hydroxylation is 1. The summed E-state index contributed by atoms with van der Waals surface area (Å²) >= 11 is 0. The van der Waals surface area contributed by atoms with Gasteiger partial charge in [0.1, 0.15) is 0 Å². The Labute approximate surface area is 83.6 Å². The van der Waals surface area contributed by atoms with Gasteiger partial charge < -0.3 is 0 Å². The summed E-state index contributed by atoms with van der Waals surface area (Å²) < 4.78 is 0. The average molecular weight is 184 g/mol. The molecule has 0 aliphatic heterocycles. The molecule has 0 atom stereocenters. The quantitative estimate of drug-likeness (QED) is 0.716. The van der Waals surface area contributed by atoms with Gasteiger partial charge in [-0.1, -0.05) is 29.8 Å². The second kappa shape index (κ2) is 4.01. The molecule has 2 aromatic rings. The molecule has 0 aliphatic rings. The zero-order valence-electron chi connectivity index (χ0n) is 8.14. The minimum Gasteiger partial charge on any atom is -0.159 e. The van der Waals surface area contributed by atoms with Crippen LogP contribution in [-0.2, 0) is 6.42 Å². The van der Waals surface area contributed by atoms with Gasteiger partial charge in [0, 0.05) is 12.6 Å². The van der Waals surface area contributed by atoms with E-state index < -0.39 is 0 Å². The maximum Gasteiger partial charge on any atom is 0.0674 e. The average Bonchev–Trinajstić information content (AvgIpc) is 2.19. The normalized spacial score (nSPS) is 10.1. The summed E-state index contributed by atoms with van der Waals surface area (Å²) in [7, 11) is 0. The zero-order valence-corrected chi connectivity index (χ0v) is 8.14. The van der Waals surface area contributed by atoms with E-state index in [0.717, 1.165) is 12.1 Å². The lowest BCUT2D eigenvalue weighted by Crippen LogP contribution is -1.93. The summed E-state index contributed by atoms with van der Waals surface area (Å²) in [5, 5.41) is 7.91. The van der Waals surface area contributed by atoms with Crippen molar-refractivity contribution in [2.24, 2.45) is 0 Å². The molecule has 0 amide bonds. The molecule has 1 heterocycles. The van der Waals surface area contributed by atoms with Crippen LogP contribution >= 0.6 is 0 Å². The number of nitrogens with zero attached hydrogens (tertiary/aromatic N) is 2. The van der Waals surface area contributed by atoms with Crippen LogP contribution in [0.4, 0.5) is 0 Å². The Balaban J connectivity index is 2.19. The Morgan fingerprint density at radius 3 is 2.79 bits per heavy atom. The molecule has 2 rings (SSSR count). The van der Waals surface area contributed by atoms with Gasteiger partial charge in [-0.05, 0) is 24.6 Å². The third-order valence-electron chi connectivity index (χ3n) is 2.10. The second-order valence-electron chi connectivity index (χ2n) is 3.38. The zero-order chi connectivity index (χ0) is 9.80. The van der Waals surface area contributed by atoms with Crippen LogP contribution in [0.1, 0.15) is 16.8 Å². The van der Waals surface area contributed by atoms with Crippen molar-refractivity contribution < 1.29 is 0 Å². The third-order valence-corrected chi connectivity index (χ3v) is 2.10. The molecule has 0 fully saturated rings. The largest absolute Gasteiger partial charge is 0.159 e. The molecule has 0 saturated carbocycles. The van der Waals surface area contributed by atoms with E-state index in [0.29, 0.717) is 0 Å². The fourth-order valence-corrected chi connectivity index (χ4v) is 1.46. The maximum atomic E-state index is 4.05. The molecule has 2 heteroatoms. The first-order valence-electron chi connectivity index (χ1n) is 4.67. The van der Waals surface area contributed by atoms with Crippen LogP contribution in [0, 0.1) is 6.92 Å². The van der Waals surface area contributed by atoms with E-state index in [-0.39, 0.29) is 0 Å². The Hall–Kier alpha value is -1.70. The van der Waals surface area contributed by atoms with Crippen LogP contribution in [0.3, 0.4) is 0 Å². The lowest BCUT2D eigenvalue weighted by molar-refractivity contribution is 0.936. The summed E-state index contributed by atoms with van der Waals surface area (Å²) in [6.07, 6.45) is 2.55. The van der Waals surface area contributed by atoms with Crippen LogP contribution in [-0.4, -0.2) is 10.2 Å². The minimum absolute atomic E-state index is 0.857. The van der Waals surface area contributed by atoms with Gasteiger partial charge in [-0.25, -0.2) is 0 Å². The highest BCUT2D eigenvalue weighted by Crippen LogP contribution is 2.08. The van der Waals surface area contributed by atoms with Gasteiger partial charge in [0.2, 0.25) is 0 Å². The van der Waals surface area contributed by atoms with Crippen LogP contribution < -0.4 is 0 Å². The Morgan fingerprint density at radius 2 is 2.07 bits per heavy atom. The molecular weight excluding hydrogens is 172 g/mol. The molecule has 0 spiro atoms. The van der Waals surface area contributed by atoms with Gasteiger partial charge in [0.05, 0.1) is 5.69 Å². The molecule has 1 aromatic carbocycles. The van der Waals surface area contributed by atoms with E-state index in [9.17, 15) is 0 Å².